The third kappa shape index (κ3) is 2.26. The van der Waals surface area contributed by atoms with Crippen molar-refractivity contribution < 1.29 is 9.84 Å². The molecule has 18 heavy (non-hydrogen) atoms. The van der Waals surface area contributed by atoms with E-state index in [0.29, 0.717) is 5.92 Å². The van der Waals surface area contributed by atoms with Gasteiger partial charge in [0.05, 0.1) is 12.2 Å². The van der Waals surface area contributed by atoms with Crippen LogP contribution in [0.15, 0.2) is 24.3 Å². The lowest BCUT2D eigenvalue weighted by Crippen LogP contribution is -2.49. The van der Waals surface area contributed by atoms with Crippen LogP contribution >= 0.6 is 0 Å². The topological polar surface area (TPSA) is 29.5 Å². The number of aliphatic hydroxyl groups is 1. The second-order valence-electron chi connectivity index (χ2n) is 5.90. The van der Waals surface area contributed by atoms with E-state index < -0.39 is 0 Å². The molecule has 2 heteroatoms. The van der Waals surface area contributed by atoms with Gasteiger partial charge in [0, 0.05) is 5.41 Å². The van der Waals surface area contributed by atoms with Crippen molar-refractivity contribution >= 4 is 0 Å². The summed E-state index contributed by atoms with van der Waals surface area (Å²) in [6.07, 6.45) is 1.96. The van der Waals surface area contributed by atoms with Crippen LogP contribution in [0.25, 0.3) is 0 Å². The monoisotopic (exact) mass is 248 g/mol. The molecule has 3 unspecified atom stereocenters. The van der Waals surface area contributed by atoms with Gasteiger partial charge in [0.1, 0.15) is 5.75 Å². The second-order valence-corrected chi connectivity index (χ2v) is 5.90. The lowest BCUT2D eigenvalue weighted by Gasteiger charge is -2.51. The highest BCUT2D eigenvalue weighted by Crippen LogP contribution is 2.54. The molecule has 1 aliphatic rings. The van der Waals surface area contributed by atoms with Crippen LogP contribution in [-0.2, 0) is 0 Å². The minimum absolute atomic E-state index is 0.0421. The molecule has 0 bridgehead atoms. The van der Waals surface area contributed by atoms with E-state index in [2.05, 4.69) is 26.0 Å². The Hall–Kier alpha value is -1.02. The molecule has 0 amide bonds. The molecule has 1 aliphatic carbocycles. The molecule has 0 spiro atoms. The lowest BCUT2D eigenvalue weighted by atomic mass is 9.55. The first-order valence-corrected chi connectivity index (χ1v) is 6.92. The van der Waals surface area contributed by atoms with Crippen molar-refractivity contribution in [3.8, 4) is 5.75 Å². The maximum absolute atomic E-state index is 9.95. The van der Waals surface area contributed by atoms with Crippen LogP contribution in [0, 0.1) is 5.41 Å². The van der Waals surface area contributed by atoms with Gasteiger partial charge in [-0.05, 0) is 50.3 Å². The van der Waals surface area contributed by atoms with E-state index in [0.717, 1.165) is 18.6 Å². The zero-order valence-corrected chi connectivity index (χ0v) is 11.8. The number of ether oxygens (including phenoxy) is 1. The fourth-order valence-electron chi connectivity index (χ4n) is 2.88. The molecule has 0 aliphatic heterocycles. The van der Waals surface area contributed by atoms with Crippen LogP contribution in [0.5, 0.6) is 5.75 Å². The SMILES string of the molecule is CCC1(C)C(O)CC1c1ccc(OC(C)C)cc1. The van der Waals surface area contributed by atoms with E-state index in [1.165, 1.54) is 5.56 Å². The average Bonchev–Trinajstić information content (AvgIpc) is 2.35. The zero-order chi connectivity index (χ0) is 13.3. The highest BCUT2D eigenvalue weighted by Gasteiger charge is 2.49. The van der Waals surface area contributed by atoms with E-state index in [-0.39, 0.29) is 17.6 Å². The Balaban J connectivity index is 2.11. The standard InChI is InChI=1S/C16H24O2/c1-5-16(4)14(10-15(16)17)12-6-8-13(9-7-12)18-11(2)3/h6-9,11,14-15,17H,5,10H2,1-4H3. The van der Waals surface area contributed by atoms with Gasteiger partial charge in [0.25, 0.3) is 0 Å². The number of aliphatic hydroxyl groups excluding tert-OH is 1. The van der Waals surface area contributed by atoms with Gasteiger partial charge in [-0.15, -0.1) is 0 Å². The molecule has 0 radical (unpaired) electrons. The molecule has 0 saturated heterocycles. The molecule has 0 heterocycles. The first-order valence-electron chi connectivity index (χ1n) is 6.92. The summed E-state index contributed by atoms with van der Waals surface area (Å²) < 4.78 is 5.65. The van der Waals surface area contributed by atoms with E-state index >= 15 is 0 Å². The second kappa shape index (κ2) is 4.93. The number of hydrogen-bond donors (Lipinski definition) is 1. The highest BCUT2D eigenvalue weighted by molar-refractivity contribution is 5.33. The zero-order valence-electron chi connectivity index (χ0n) is 11.8. The van der Waals surface area contributed by atoms with E-state index in [1.54, 1.807) is 0 Å². The van der Waals surface area contributed by atoms with Crippen LogP contribution < -0.4 is 4.74 Å². The Labute approximate surface area is 110 Å². The Morgan fingerprint density at radius 3 is 2.39 bits per heavy atom. The van der Waals surface area contributed by atoms with Gasteiger partial charge < -0.3 is 9.84 Å². The summed E-state index contributed by atoms with van der Waals surface area (Å²) in [7, 11) is 0. The average molecular weight is 248 g/mol. The summed E-state index contributed by atoms with van der Waals surface area (Å²) in [5.74, 6) is 1.40. The Morgan fingerprint density at radius 2 is 1.94 bits per heavy atom. The summed E-state index contributed by atoms with van der Waals surface area (Å²) >= 11 is 0. The number of benzene rings is 1. The molecular weight excluding hydrogens is 224 g/mol. The van der Waals surface area contributed by atoms with Gasteiger partial charge in [0.15, 0.2) is 0 Å². The van der Waals surface area contributed by atoms with Gasteiger partial charge in [-0.25, -0.2) is 0 Å². The van der Waals surface area contributed by atoms with Gasteiger partial charge >= 0.3 is 0 Å². The highest BCUT2D eigenvalue weighted by atomic mass is 16.5. The van der Waals surface area contributed by atoms with E-state index in [1.807, 2.05) is 26.0 Å². The molecular formula is C16H24O2. The fraction of sp³-hybridized carbons (Fsp3) is 0.625. The minimum Gasteiger partial charge on any atom is -0.491 e. The maximum Gasteiger partial charge on any atom is 0.119 e. The predicted molar refractivity (Wildman–Crippen MR) is 74.0 cm³/mol. The smallest absolute Gasteiger partial charge is 0.119 e. The molecule has 1 aromatic rings. The van der Waals surface area contributed by atoms with Crippen molar-refractivity contribution in [2.45, 2.75) is 58.7 Å². The maximum atomic E-state index is 9.95. The summed E-state index contributed by atoms with van der Waals surface area (Å²) in [6, 6.07) is 8.36. The Morgan fingerprint density at radius 1 is 1.33 bits per heavy atom. The predicted octanol–water partition coefficient (Wildman–Crippen LogP) is 3.74. The van der Waals surface area contributed by atoms with Gasteiger partial charge in [-0.3, -0.25) is 0 Å². The van der Waals surface area contributed by atoms with Crippen molar-refractivity contribution in [2.24, 2.45) is 5.41 Å². The van der Waals surface area contributed by atoms with E-state index in [4.69, 9.17) is 4.74 Å². The van der Waals surface area contributed by atoms with Crippen molar-refractivity contribution in [3.05, 3.63) is 29.8 Å². The van der Waals surface area contributed by atoms with Crippen LogP contribution in [0.1, 0.15) is 52.0 Å². The Kier molecular flexibility index (Phi) is 3.67. The third-order valence-corrected chi connectivity index (χ3v) is 4.43. The van der Waals surface area contributed by atoms with Crippen LogP contribution in [0.2, 0.25) is 0 Å². The van der Waals surface area contributed by atoms with Crippen LogP contribution in [0.3, 0.4) is 0 Å². The number of rotatable bonds is 4. The first kappa shape index (κ1) is 13.4. The molecule has 0 aromatic heterocycles. The summed E-state index contributed by atoms with van der Waals surface area (Å²) in [5, 5.41) is 9.95. The molecule has 1 fully saturated rings. The van der Waals surface area contributed by atoms with Crippen molar-refractivity contribution in [3.63, 3.8) is 0 Å². The van der Waals surface area contributed by atoms with Crippen molar-refractivity contribution in [1.82, 2.24) is 0 Å². The molecule has 3 atom stereocenters. The summed E-state index contributed by atoms with van der Waals surface area (Å²) in [4.78, 5) is 0. The minimum atomic E-state index is -0.154. The van der Waals surface area contributed by atoms with Crippen LogP contribution in [0.4, 0.5) is 0 Å². The molecule has 1 N–H and O–H groups in total. The largest absolute Gasteiger partial charge is 0.491 e. The van der Waals surface area contributed by atoms with Crippen molar-refractivity contribution in [2.75, 3.05) is 0 Å². The van der Waals surface area contributed by atoms with E-state index in [9.17, 15) is 5.11 Å². The van der Waals surface area contributed by atoms with Crippen LogP contribution in [-0.4, -0.2) is 17.3 Å². The molecule has 1 saturated carbocycles. The molecule has 2 rings (SSSR count). The van der Waals surface area contributed by atoms with Gasteiger partial charge in [-0.2, -0.15) is 0 Å². The molecule has 100 valence electrons. The summed E-state index contributed by atoms with van der Waals surface area (Å²) in [5.41, 5.74) is 1.36. The third-order valence-electron chi connectivity index (χ3n) is 4.43. The van der Waals surface area contributed by atoms with Gasteiger partial charge in [0.2, 0.25) is 0 Å². The fourth-order valence-corrected chi connectivity index (χ4v) is 2.88. The number of hydrogen-bond acceptors (Lipinski definition) is 2. The quantitative estimate of drug-likeness (QED) is 0.879. The normalized spacial score (nSPS) is 31.2. The molecule has 1 aromatic carbocycles. The summed E-state index contributed by atoms with van der Waals surface area (Å²) in [6.45, 7) is 8.41. The Bertz CT molecular complexity index is 396. The van der Waals surface area contributed by atoms with Gasteiger partial charge in [-0.1, -0.05) is 26.0 Å². The van der Waals surface area contributed by atoms with Crippen molar-refractivity contribution in [1.29, 1.82) is 0 Å². The first-order chi connectivity index (χ1) is 8.47. The molecule has 2 nitrogen and oxygen atoms in total. The lowest BCUT2D eigenvalue weighted by molar-refractivity contribution is -0.0777.